The molecule has 0 radical (unpaired) electrons. The van der Waals surface area contributed by atoms with E-state index in [4.69, 9.17) is 11.0 Å². The lowest BCUT2D eigenvalue weighted by atomic mass is 9.88. The van der Waals surface area contributed by atoms with Crippen LogP contribution < -0.4 is 10.5 Å². The highest BCUT2D eigenvalue weighted by Gasteiger charge is 2.24. The van der Waals surface area contributed by atoms with Crippen molar-refractivity contribution in [2.24, 2.45) is 0 Å². The quantitative estimate of drug-likeness (QED) is 0.799. The molecule has 2 rings (SSSR count). The van der Waals surface area contributed by atoms with Crippen LogP contribution in [0.1, 0.15) is 30.0 Å². The van der Waals surface area contributed by atoms with Crippen molar-refractivity contribution in [2.75, 3.05) is 11.5 Å². The van der Waals surface area contributed by atoms with Crippen LogP contribution in [0.15, 0.2) is 18.2 Å². The molecule has 3 N–H and O–H groups in total. The Morgan fingerprint density at radius 1 is 1.50 bits per heavy atom. The van der Waals surface area contributed by atoms with Gasteiger partial charge in [0.1, 0.15) is 0 Å². The number of nitrogens with two attached hydrogens (primary N) is 1. The van der Waals surface area contributed by atoms with Crippen molar-refractivity contribution in [3.63, 3.8) is 0 Å². The summed E-state index contributed by atoms with van der Waals surface area (Å²) in [5.41, 5.74) is 8.47. The maximum Gasteiger partial charge on any atom is 0.225 e. The number of benzene rings is 1. The number of nitrogens with one attached hydrogen (secondary N) is 1. The maximum absolute atomic E-state index is 11.6. The fourth-order valence-electron chi connectivity index (χ4n) is 2.30. The lowest BCUT2D eigenvalue weighted by molar-refractivity contribution is 0.509. The van der Waals surface area contributed by atoms with Gasteiger partial charge in [0.15, 0.2) is 5.75 Å². The van der Waals surface area contributed by atoms with Gasteiger partial charge in [-0.15, -0.1) is 0 Å². The summed E-state index contributed by atoms with van der Waals surface area (Å²) in [5, 5.41) is 8.48. The smallest absolute Gasteiger partial charge is 0.225 e. The van der Waals surface area contributed by atoms with Crippen molar-refractivity contribution in [3.05, 3.63) is 29.3 Å². The molecule has 1 aromatic carbocycles. The Bertz CT molecular complexity index is 590. The zero-order valence-electron chi connectivity index (χ0n) is 9.89. The summed E-state index contributed by atoms with van der Waals surface area (Å²) < 4.78 is 25.8. The minimum Gasteiger partial charge on any atom is -0.399 e. The SMILES string of the molecule is N#CCS(=O)(=O)NC1CCCc2cc(N)ccc21. The lowest BCUT2D eigenvalue weighted by Crippen LogP contribution is -2.32. The van der Waals surface area contributed by atoms with Crippen molar-refractivity contribution < 1.29 is 8.42 Å². The predicted molar refractivity (Wildman–Crippen MR) is 69.1 cm³/mol. The van der Waals surface area contributed by atoms with Crippen LogP contribution in [0.4, 0.5) is 5.69 Å². The van der Waals surface area contributed by atoms with Gasteiger partial charge in [0, 0.05) is 11.7 Å². The van der Waals surface area contributed by atoms with Crippen LogP contribution >= 0.6 is 0 Å². The molecular formula is C12H15N3O2S. The van der Waals surface area contributed by atoms with E-state index in [9.17, 15) is 8.42 Å². The Kier molecular flexibility index (Phi) is 3.55. The zero-order valence-corrected chi connectivity index (χ0v) is 10.7. The van der Waals surface area contributed by atoms with Gasteiger partial charge in [-0.05, 0) is 42.5 Å². The van der Waals surface area contributed by atoms with E-state index in [1.165, 1.54) is 0 Å². The third-order valence-electron chi connectivity index (χ3n) is 3.06. The van der Waals surface area contributed by atoms with Crippen LogP contribution in [0.5, 0.6) is 0 Å². The van der Waals surface area contributed by atoms with Crippen LogP contribution in [0, 0.1) is 11.3 Å². The maximum atomic E-state index is 11.6. The Hall–Kier alpha value is -1.58. The number of nitriles is 1. The monoisotopic (exact) mass is 265 g/mol. The topological polar surface area (TPSA) is 96.0 Å². The van der Waals surface area contributed by atoms with Gasteiger partial charge in [0.05, 0.1) is 6.07 Å². The van der Waals surface area contributed by atoms with E-state index in [0.717, 1.165) is 30.4 Å². The van der Waals surface area contributed by atoms with Gasteiger partial charge in [-0.25, -0.2) is 13.1 Å². The molecule has 0 heterocycles. The molecule has 0 bridgehead atoms. The Labute approximate surface area is 107 Å². The predicted octanol–water partition coefficient (Wildman–Crippen LogP) is 1.09. The number of fused-ring (bicyclic) bond motifs is 1. The van der Waals surface area contributed by atoms with Gasteiger partial charge in [0.25, 0.3) is 0 Å². The molecule has 1 aliphatic rings. The molecular weight excluding hydrogens is 250 g/mol. The van der Waals surface area contributed by atoms with E-state index in [1.807, 2.05) is 12.1 Å². The normalized spacial score (nSPS) is 18.9. The standard InChI is InChI=1S/C12H15N3O2S/c13-6-7-18(16,17)15-12-3-1-2-9-8-10(14)4-5-11(9)12/h4-5,8,12,15H,1-3,7,14H2. The van der Waals surface area contributed by atoms with Gasteiger partial charge >= 0.3 is 0 Å². The fourth-order valence-corrected chi connectivity index (χ4v) is 3.23. The van der Waals surface area contributed by atoms with E-state index >= 15 is 0 Å². The average Bonchev–Trinajstić information content (AvgIpc) is 2.28. The molecule has 1 aliphatic carbocycles. The molecule has 5 nitrogen and oxygen atoms in total. The second kappa shape index (κ2) is 4.96. The third-order valence-corrected chi connectivity index (χ3v) is 4.21. The van der Waals surface area contributed by atoms with Crippen molar-refractivity contribution >= 4 is 15.7 Å². The summed E-state index contributed by atoms with van der Waals surface area (Å²) in [4.78, 5) is 0. The van der Waals surface area contributed by atoms with E-state index in [0.29, 0.717) is 5.69 Å². The number of hydrogen-bond donors (Lipinski definition) is 2. The molecule has 1 atom stereocenters. The zero-order chi connectivity index (χ0) is 13.2. The van der Waals surface area contributed by atoms with Crippen LogP contribution in [-0.4, -0.2) is 14.2 Å². The van der Waals surface area contributed by atoms with E-state index < -0.39 is 15.8 Å². The summed E-state index contributed by atoms with van der Waals surface area (Å²) in [5.74, 6) is -0.506. The molecule has 0 spiro atoms. The van der Waals surface area contributed by atoms with Crippen molar-refractivity contribution in [2.45, 2.75) is 25.3 Å². The molecule has 6 heteroatoms. The third kappa shape index (κ3) is 2.81. The van der Waals surface area contributed by atoms with Crippen molar-refractivity contribution in [1.29, 1.82) is 5.26 Å². The van der Waals surface area contributed by atoms with Crippen LogP contribution in [0.2, 0.25) is 0 Å². The van der Waals surface area contributed by atoms with Gasteiger partial charge in [-0.3, -0.25) is 0 Å². The van der Waals surface area contributed by atoms with E-state index in [2.05, 4.69) is 4.72 Å². The Morgan fingerprint density at radius 2 is 2.28 bits per heavy atom. The molecule has 0 aromatic heterocycles. The lowest BCUT2D eigenvalue weighted by Gasteiger charge is -2.26. The minimum atomic E-state index is -3.53. The molecule has 1 aromatic rings. The summed E-state index contributed by atoms with van der Waals surface area (Å²) in [6, 6.07) is 6.94. The molecule has 0 amide bonds. The molecule has 96 valence electrons. The highest BCUT2D eigenvalue weighted by atomic mass is 32.2. The summed E-state index contributed by atoms with van der Waals surface area (Å²) >= 11 is 0. The largest absolute Gasteiger partial charge is 0.399 e. The Balaban J connectivity index is 2.26. The van der Waals surface area contributed by atoms with Gasteiger partial charge in [0.2, 0.25) is 10.0 Å². The van der Waals surface area contributed by atoms with Gasteiger partial charge < -0.3 is 5.73 Å². The van der Waals surface area contributed by atoms with Crippen molar-refractivity contribution in [1.82, 2.24) is 4.72 Å². The summed E-state index contributed by atoms with van der Waals surface area (Å²) in [6.45, 7) is 0. The van der Waals surface area contributed by atoms with Gasteiger partial charge in [-0.1, -0.05) is 6.07 Å². The number of nitrogens with zero attached hydrogens (tertiary/aromatic N) is 1. The minimum absolute atomic E-state index is 0.243. The molecule has 18 heavy (non-hydrogen) atoms. The number of sulfonamides is 1. The second-order valence-electron chi connectivity index (χ2n) is 4.44. The van der Waals surface area contributed by atoms with E-state index in [1.54, 1.807) is 12.1 Å². The number of rotatable bonds is 3. The molecule has 0 saturated heterocycles. The molecule has 1 unspecified atom stereocenters. The highest BCUT2D eigenvalue weighted by molar-refractivity contribution is 7.89. The summed E-state index contributed by atoms with van der Waals surface area (Å²) in [7, 11) is -3.53. The number of nitrogen functional groups attached to an aromatic ring is 1. The Morgan fingerprint density at radius 3 is 3.00 bits per heavy atom. The van der Waals surface area contributed by atoms with Crippen LogP contribution in [0.3, 0.4) is 0 Å². The number of hydrogen-bond acceptors (Lipinski definition) is 4. The molecule has 0 saturated carbocycles. The van der Waals surface area contributed by atoms with Gasteiger partial charge in [-0.2, -0.15) is 5.26 Å². The fraction of sp³-hybridized carbons (Fsp3) is 0.417. The molecule has 0 aliphatic heterocycles. The second-order valence-corrected chi connectivity index (χ2v) is 6.19. The summed E-state index contributed by atoms with van der Waals surface area (Å²) in [6.07, 6.45) is 2.58. The van der Waals surface area contributed by atoms with Crippen LogP contribution in [-0.2, 0) is 16.4 Å². The molecule has 0 fully saturated rings. The van der Waals surface area contributed by atoms with Crippen LogP contribution in [0.25, 0.3) is 0 Å². The van der Waals surface area contributed by atoms with Crippen molar-refractivity contribution in [3.8, 4) is 6.07 Å². The highest BCUT2D eigenvalue weighted by Crippen LogP contribution is 2.31. The number of anilines is 1. The first-order valence-corrected chi connectivity index (χ1v) is 7.42. The first kappa shape index (κ1) is 12.9. The van der Waals surface area contributed by atoms with E-state index in [-0.39, 0.29) is 6.04 Å². The number of aryl methyl sites for hydroxylation is 1. The average molecular weight is 265 g/mol. The first-order chi connectivity index (χ1) is 8.52. The first-order valence-electron chi connectivity index (χ1n) is 5.77.